The summed E-state index contributed by atoms with van der Waals surface area (Å²) in [7, 11) is 0. The van der Waals surface area contributed by atoms with Gasteiger partial charge in [-0.05, 0) is 26.2 Å². The van der Waals surface area contributed by atoms with Crippen molar-refractivity contribution in [1.29, 1.82) is 0 Å². The van der Waals surface area contributed by atoms with E-state index in [-0.39, 0.29) is 0 Å². The summed E-state index contributed by atoms with van der Waals surface area (Å²) >= 11 is 1.64. The first-order valence-corrected chi connectivity index (χ1v) is 6.12. The number of nitrogens with one attached hydrogen (secondary N) is 1. The molecule has 1 aromatic rings. The van der Waals surface area contributed by atoms with Crippen molar-refractivity contribution in [2.45, 2.75) is 45.6 Å². The monoisotopic (exact) mass is 211 g/mol. The van der Waals surface area contributed by atoms with Crippen molar-refractivity contribution in [1.82, 2.24) is 10.2 Å². The van der Waals surface area contributed by atoms with Gasteiger partial charge in [0.05, 0.1) is 0 Å². The number of aryl methyl sites for hydroxylation is 1. The van der Waals surface area contributed by atoms with Crippen molar-refractivity contribution in [2.75, 3.05) is 5.32 Å². The van der Waals surface area contributed by atoms with Crippen LogP contribution in [-0.4, -0.2) is 16.2 Å². The molecule has 1 fully saturated rings. The molecule has 0 spiro atoms. The first-order valence-electron chi connectivity index (χ1n) is 5.30. The summed E-state index contributed by atoms with van der Waals surface area (Å²) < 4.78 is 0. The van der Waals surface area contributed by atoms with Crippen LogP contribution in [0.2, 0.25) is 0 Å². The molecule has 14 heavy (non-hydrogen) atoms. The lowest BCUT2D eigenvalue weighted by molar-refractivity contribution is 0.286. The first kappa shape index (κ1) is 9.90. The van der Waals surface area contributed by atoms with E-state index in [9.17, 15) is 0 Å². The van der Waals surface area contributed by atoms with Gasteiger partial charge in [-0.15, -0.1) is 10.2 Å². The largest absolute Gasteiger partial charge is 0.358 e. The maximum absolute atomic E-state index is 4.06. The predicted octanol–water partition coefficient (Wildman–Crippen LogP) is 2.84. The van der Waals surface area contributed by atoms with Crippen LogP contribution in [0.3, 0.4) is 0 Å². The molecule has 0 bridgehead atoms. The summed E-state index contributed by atoms with van der Waals surface area (Å²) in [5.74, 6) is 0.950. The van der Waals surface area contributed by atoms with E-state index < -0.39 is 0 Å². The summed E-state index contributed by atoms with van der Waals surface area (Å²) in [6, 6.07) is 0.535. The fraction of sp³-hybridized carbons (Fsp3) is 0.800. The molecule has 0 amide bonds. The quantitative estimate of drug-likeness (QED) is 0.832. The van der Waals surface area contributed by atoms with Crippen LogP contribution in [-0.2, 0) is 0 Å². The highest BCUT2D eigenvalue weighted by Crippen LogP contribution is 2.31. The average Bonchev–Trinajstić information content (AvgIpc) is 2.44. The maximum Gasteiger partial charge on any atom is 0.205 e. The maximum atomic E-state index is 4.06. The Bertz CT molecular complexity index is 293. The molecule has 3 nitrogen and oxygen atoms in total. The van der Waals surface area contributed by atoms with Crippen LogP contribution in [0.25, 0.3) is 0 Å². The summed E-state index contributed by atoms with van der Waals surface area (Å²) in [6.07, 6.45) is 5.54. The third-order valence-corrected chi connectivity index (χ3v) is 3.58. The van der Waals surface area contributed by atoms with Crippen LogP contribution in [0, 0.1) is 12.8 Å². The highest BCUT2D eigenvalue weighted by molar-refractivity contribution is 7.15. The van der Waals surface area contributed by atoms with Gasteiger partial charge in [0, 0.05) is 6.04 Å². The molecule has 1 aliphatic carbocycles. The molecule has 78 valence electrons. The van der Waals surface area contributed by atoms with Gasteiger partial charge in [0.25, 0.3) is 0 Å². The lowest BCUT2D eigenvalue weighted by Gasteiger charge is -2.28. The number of nitrogens with zero attached hydrogens (tertiary/aromatic N) is 2. The summed E-state index contributed by atoms with van der Waals surface area (Å²) in [4.78, 5) is 0. The van der Waals surface area contributed by atoms with Crippen molar-refractivity contribution >= 4 is 16.5 Å². The molecule has 1 aromatic heterocycles. The smallest absolute Gasteiger partial charge is 0.205 e. The van der Waals surface area contributed by atoms with Crippen LogP contribution >= 0.6 is 11.3 Å². The third-order valence-electron chi connectivity index (χ3n) is 2.81. The second-order valence-electron chi connectivity index (χ2n) is 4.20. The number of hydrogen-bond acceptors (Lipinski definition) is 4. The minimum absolute atomic E-state index is 0.535. The average molecular weight is 211 g/mol. The van der Waals surface area contributed by atoms with Gasteiger partial charge in [-0.2, -0.15) is 0 Å². The van der Waals surface area contributed by atoms with Gasteiger partial charge in [0.15, 0.2) is 0 Å². The molecule has 2 rings (SSSR count). The van der Waals surface area contributed by atoms with Gasteiger partial charge < -0.3 is 5.32 Å². The molecule has 1 heterocycles. The van der Waals surface area contributed by atoms with Crippen LogP contribution in [0.1, 0.15) is 37.6 Å². The Hall–Kier alpha value is -0.640. The normalized spacial score (nSPS) is 19.0. The molecule has 4 heteroatoms. The van der Waals surface area contributed by atoms with Crippen molar-refractivity contribution in [2.24, 2.45) is 5.92 Å². The van der Waals surface area contributed by atoms with E-state index in [1.54, 1.807) is 11.3 Å². The predicted molar refractivity (Wildman–Crippen MR) is 59.7 cm³/mol. The molecule has 0 radical (unpaired) electrons. The van der Waals surface area contributed by atoms with Gasteiger partial charge in [0.2, 0.25) is 5.13 Å². The lowest BCUT2D eigenvalue weighted by atomic mass is 9.81. The minimum atomic E-state index is 0.535. The zero-order valence-electron chi connectivity index (χ0n) is 8.79. The Morgan fingerprint density at radius 1 is 1.50 bits per heavy atom. The summed E-state index contributed by atoms with van der Waals surface area (Å²) in [5, 5.41) is 13.5. The molecular weight excluding hydrogens is 194 g/mol. The minimum Gasteiger partial charge on any atom is -0.358 e. The molecule has 0 saturated heterocycles. The molecular formula is C10H17N3S. The van der Waals surface area contributed by atoms with E-state index in [1.165, 1.54) is 25.7 Å². The van der Waals surface area contributed by atoms with Crippen molar-refractivity contribution in [3.63, 3.8) is 0 Å². The van der Waals surface area contributed by atoms with Crippen LogP contribution < -0.4 is 5.32 Å². The molecule has 1 unspecified atom stereocenters. The van der Waals surface area contributed by atoms with Gasteiger partial charge in [0.1, 0.15) is 5.01 Å². The Morgan fingerprint density at radius 2 is 2.29 bits per heavy atom. The topological polar surface area (TPSA) is 37.8 Å². The SMILES string of the molecule is Cc1nnc(NC(C)CC2CCC2)s1. The lowest BCUT2D eigenvalue weighted by Crippen LogP contribution is -2.23. The standard InChI is InChI=1S/C10H17N3S/c1-7(6-9-4-3-5-9)11-10-13-12-8(2)14-10/h7,9H,3-6H2,1-2H3,(H,11,13). The molecule has 1 N–H and O–H groups in total. The summed E-state index contributed by atoms with van der Waals surface area (Å²) in [6.45, 7) is 4.22. The zero-order valence-corrected chi connectivity index (χ0v) is 9.60. The van der Waals surface area contributed by atoms with Crippen molar-refractivity contribution in [3.05, 3.63) is 5.01 Å². The van der Waals surface area contributed by atoms with Crippen LogP contribution in [0.15, 0.2) is 0 Å². The highest BCUT2D eigenvalue weighted by atomic mass is 32.1. The number of aromatic nitrogens is 2. The Labute approximate surface area is 88.9 Å². The molecule has 1 atom stereocenters. The van der Waals surface area contributed by atoms with E-state index in [0.717, 1.165) is 16.1 Å². The van der Waals surface area contributed by atoms with Gasteiger partial charge in [-0.25, -0.2) is 0 Å². The Kier molecular flexibility index (Phi) is 3.01. The fourth-order valence-corrected chi connectivity index (χ4v) is 2.56. The highest BCUT2D eigenvalue weighted by Gasteiger charge is 2.20. The second-order valence-corrected chi connectivity index (χ2v) is 5.39. The van der Waals surface area contributed by atoms with E-state index in [4.69, 9.17) is 0 Å². The second kappa shape index (κ2) is 4.26. The van der Waals surface area contributed by atoms with E-state index in [0.29, 0.717) is 6.04 Å². The summed E-state index contributed by atoms with van der Waals surface area (Å²) in [5.41, 5.74) is 0. The Balaban J connectivity index is 1.78. The van der Waals surface area contributed by atoms with Gasteiger partial charge in [-0.3, -0.25) is 0 Å². The Morgan fingerprint density at radius 3 is 2.79 bits per heavy atom. The third kappa shape index (κ3) is 2.44. The van der Waals surface area contributed by atoms with E-state index >= 15 is 0 Å². The zero-order chi connectivity index (χ0) is 9.97. The van der Waals surface area contributed by atoms with Crippen molar-refractivity contribution < 1.29 is 0 Å². The van der Waals surface area contributed by atoms with E-state index in [2.05, 4.69) is 22.4 Å². The molecule has 1 aliphatic rings. The molecule has 0 aliphatic heterocycles. The molecule has 0 aromatic carbocycles. The number of hydrogen-bond donors (Lipinski definition) is 1. The molecule has 1 saturated carbocycles. The number of anilines is 1. The van der Waals surface area contributed by atoms with Crippen LogP contribution in [0.4, 0.5) is 5.13 Å². The van der Waals surface area contributed by atoms with Gasteiger partial charge >= 0.3 is 0 Å². The fourth-order valence-electron chi connectivity index (χ4n) is 1.85. The number of rotatable bonds is 4. The first-order chi connectivity index (χ1) is 6.74. The van der Waals surface area contributed by atoms with Crippen molar-refractivity contribution in [3.8, 4) is 0 Å². The van der Waals surface area contributed by atoms with Crippen LogP contribution in [0.5, 0.6) is 0 Å². The van der Waals surface area contributed by atoms with Gasteiger partial charge in [-0.1, -0.05) is 30.6 Å². The van der Waals surface area contributed by atoms with E-state index in [1.807, 2.05) is 6.92 Å².